The Hall–Kier alpha value is -1.21. The van der Waals surface area contributed by atoms with Gasteiger partial charge in [-0.1, -0.05) is 11.7 Å². The van der Waals surface area contributed by atoms with E-state index in [1.807, 2.05) is 10.6 Å². The standard InChI is InChI=1S/C11H6FN2.Pt/c12-9-3-5-13-11-8(9)4-7-14-6-1-2-10(11)14;/h1,3-7H;/q-1;. The fraction of sp³-hybridized carbons (Fsp3) is 0. The van der Waals surface area contributed by atoms with Crippen molar-refractivity contribution < 1.29 is 25.5 Å². The molecule has 0 unspecified atom stereocenters. The molecule has 0 aromatic carbocycles. The molecule has 78 valence electrons. The molecule has 3 aromatic rings. The van der Waals surface area contributed by atoms with Crippen LogP contribution in [-0.2, 0) is 21.1 Å². The van der Waals surface area contributed by atoms with Crippen molar-refractivity contribution in [1.29, 1.82) is 0 Å². The molecule has 0 amide bonds. The molecule has 0 saturated heterocycles. The van der Waals surface area contributed by atoms with Crippen LogP contribution in [0.3, 0.4) is 0 Å². The van der Waals surface area contributed by atoms with Crippen LogP contribution < -0.4 is 0 Å². The number of nitrogens with zero attached hydrogens (tertiary/aromatic N) is 2. The summed E-state index contributed by atoms with van der Waals surface area (Å²) >= 11 is 0. The van der Waals surface area contributed by atoms with Crippen molar-refractivity contribution in [2.75, 3.05) is 0 Å². The van der Waals surface area contributed by atoms with E-state index in [9.17, 15) is 4.39 Å². The topological polar surface area (TPSA) is 17.3 Å². The SMILES string of the molecule is Fc1ccnc2c1ccn1cc[c-]c21.[Pt]. The van der Waals surface area contributed by atoms with Gasteiger partial charge in [0.15, 0.2) is 0 Å². The third-order valence-electron chi connectivity index (χ3n) is 2.28. The maximum Gasteiger partial charge on any atom is 0.121 e. The first kappa shape index (κ1) is 10.3. The minimum atomic E-state index is -0.243. The Morgan fingerprint density at radius 2 is 2.13 bits per heavy atom. The normalized spacial score (nSPS) is 10.5. The molecular formula is C11H6FN2Pt-. The maximum absolute atomic E-state index is 13.4. The van der Waals surface area contributed by atoms with Crippen LogP contribution in [0, 0.1) is 11.9 Å². The van der Waals surface area contributed by atoms with Crippen LogP contribution in [0.2, 0.25) is 0 Å². The van der Waals surface area contributed by atoms with E-state index in [1.165, 1.54) is 12.3 Å². The smallest absolute Gasteiger partial charge is 0.121 e. The van der Waals surface area contributed by atoms with Gasteiger partial charge in [0.1, 0.15) is 5.82 Å². The number of fused-ring (bicyclic) bond motifs is 3. The van der Waals surface area contributed by atoms with Crippen LogP contribution in [0.4, 0.5) is 4.39 Å². The summed E-state index contributed by atoms with van der Waals surface area (Å²) in [4.78, 5) is 4.15. The molecule has 0 saturated carbocycles. The second kappa shape index (κ2) is 3.74. The second-order valence-electron chi connectivity index (χ2n) is 3.09. The molecule has 0 spiro atoms. The van der Waals surface area contributed by atoms with E-state index >= 15 is 0 Å². The predicted molar refractivity (Wildman–Crippen MR) is 51.5 cm³/mol. The minimum Gasteiger partial charge on any atom is -0.397 e. The van der Waals surface area contributed by atoms with Crippen molar-refractivity contribution in [3.63, 3.8) is 0 Å². The number of aromatic nitrogens is 2. The monoisotopic (exact) mass is 380 g/mol. The van der Waals surface area contributed by atoms with Gasteiger partial charge in [0.05, 0.1) is 0 Å². The molecule has 15 heavy (non-hydrogen) atoms. The zero-order valence-corrected chi connectivity index (χ0v) is 9.82. The largest absolute Gasteiger partial charge is 0.397 e. The summed E-state index contributed by atoms with van der Waals surface area (Å²) in [7, 11) is 0. The van der Waals surface area contributed by atoms with Crippen LogP contribution in [0.15, 0.2) is 36.8 Å². The number of halogens is 1. The summed E-state index contributed by atoms with van der Waals surface area (Å²) in [5, 5.41) is 0.537. The van der Waals surface area contributed by atoms with Gasteiger partial charge in [-0.2, -0.15) is 12.1 Å². The number of rotatable bonds is 0. The number of hydrogen-bond donors (Lipinski definition) is 0. The first-order valence-corrected chi connectivity index (χ1v) is 4.28. The van der Waals surface area contributed by atoms with E-state index in [0.29, 0.717) is 10.9 Å². The van der Waals surface area contributed by atoms with Gasteiger partial charge in [0.25, 0.3) is 0 Å². The molecule has 3 aromatic heterocycles. The molecule has 4 heteroatoms. The fourth-order valence-corrected chi connectivity index (χ4v) is 1.61. The van der Waals surface area contributed by atoms with Crippen LogP contribution in [0.1, 0.15) is 0 Å². The van der Waals surface area contributed by atoms with Crippen molar-refractivity contribution >= 4 is 16.4 Å². The summed E-state index contributed by atoms with van der Waals surface area (Å²) in [6.07, 6.45) is 5.14. The molecule has 0 fully saturated rings. The molecule has 0 atom stereocenters. The van der Waals surface area contributed by atoms with Gasteiger partial charge in [0, 0.05) is 27.3 Å². The Bertz CT molecular complexity index is 618. The van der Waals surface area contributed by atoms with Gasteiger partial charge in [-0.05, 0) is 29.2 Å². The number of pyridine rings is 2. The molecule has 0 aliphatic heterocycles. The zero-order chi connectivity index (χ0) is 9.54. The third-order valence-corrected chi connectivity index (χ3v) is 2.28. The van der Waals surface area contributed by atoms with Crippen LogP contribution >= 0.6 is 0 Å². The number of hydrogen-bond acceptors (Lipinski definition) is 1. The van der Waals surface area contributed by atoms with Crippen LogP contribution in [0.25, 0.3) is 16.4 Å². The minimum absolute atomic E-state index is 0. The van der Waals surface area contributed by atoms with Crippen molar-refractivity contribution in [1.82, 2.24) is 9.38 Å². The van der Waals surface area contributed by atoms with Gasteiger partial charge in [-0.15, -0.1) is 0 Å². The van der Waals surface area contributed by atoms with E-state index in [1.54, 1.807) is 18.3 Å². The predicted octanol–water partition coefficient (Wildman–Crippen LogP) is 2.42. The molecule has 0 aliphatic rings. The Kier molecular flexibility index (Phi) is 2.57. The first-order chi connectivity index (χ1) is 6.86. The molecule has 0 bridgehead atoms. The summed E-state index contributed by atoms with van der Waals surface area (Å²) in [5.41, 5.74) is 1.46. The van der Waals surface area contributed by atoms with E-state index in [2.05, 4.69) is 11.1 Å². The zero-order valence-electron chi connectivity index (χ0n) is 7.55. The van der Waals surface area contributed by atoms with Gasteiger partial charge in [-0.3, -0.25) is 0 Å². The Morgan fingerprint density at radius 3 is 3.00 bits per heavy atom. The van der Waals surface area contributed by atoms with Crippen molar-refractivity contribution in [3.8, 4) is 0 Å². The third kappa shape index (κ3) is 1.47. The van der Waals surface area contributed by atoms with E-state index in [4.69, 9.17) is 0 Å². The van der Waals surface area contributed by atoms with Crippen LogP contribution in [0.5, 0.6) is 0 Å². The maximum atomic E-state index is 13.4. The summed E-state index contributed by atoms with van der Waals surface area (Å²) < 4.78 is 15.2. The van der Waals surface area contributed by atoms with E-state index in [0.717, 1.165) is 5.52 Å². The molecule has 3 heterocycles. The van der Waals surface area contributed by atoms with E-state index in [-0.39, 0.29) is 26.9 Å². The average molecular weight is 380 g/mol. The van der Waals surface area contributed by atoms with E-state index < -0.39 is 0 Å². The Balaban J connectivity index is 0.000000853. The first-order valence-electron chi connectivity index (χ1n) is 4.28. The summed E-state index contributed by atoms with van der Waals surface area (Å²) in [5.74, 6) is -0.243. The second-order valence-corrected chi connectivity index (χ2v) is 3.09. The quantitative estimate of drug-likeness (QED) is 0.548. The molecular weight excluding hydrogens is 374 g/mol. The fourth-order valence-electron chi connectivity index (χ4n) is 1.61. The molecule has 3 rings (SSSR count). The molecule has 0 aliphatic carbocycles. The van der Waals surface area contributed by atoms with Crippen molar-refractivity contribution in [2.45, 2.75) is 0 Å². The molecule has 2 nitrogen and oxygen atoms in total. The average Bonchev–Trinajstić information content (AvgIpc) is 2.66. The molecule has 0 radical (unpaired) electrons. The van der Waals surface area contributed by atoms with Crippen LogP contribution in [-0.4, -0.2) is 9.38 Å². The van der Waals surface area contributed by atoms with Gasteiger partial charge < -0.3 is 9.38 Å². The van der Waals surface area contributed by atoms with Crippen molar-refractivity contribution in [2.24, 2.45) is 0 Å². The Morgan fingerprint density at radius 1 is 1.27 bits per heavy atom. The summed E-state index contributed by atoms with van der Waals surface area (Å²) in [6, 6.07) is 7.90. The Labute approximate surface area is 100 Å². The molecule has 0 N–H and O–H groups in total. The van der Waals surface area contributed by atoms with Crippen molar-refractivity contribution in [3.05, 3.63) is 48.7 Å². The van der Waals surface area contributed by atoms with Gasteiger partial charge >= 0.3 is 0 Å². The van der Waals surface area contributed by atoms with Gasteiger partial charge in [0.2, 0.25) is 0 Å². The summed E-state index contributed by atoms with van der Waals surface area (Å²) in [6.45, 7) is 0. The van der Waals surface area contributed by atoms with Gasteiger partial charge in [-0.25, -0.2) is 4.39 Å².